The molecule has 7 nitrogen and oxygen atoms in total. The van der Waals surface area contributed by atoms with E-state index < -0.39 is 28.1 Å². The minimum atomic E-state index is -1.18. The average molecular weight is 226 g/mol. The lowest BCUT2D eigenvalue weighted by Crippen LogP contribution is -2.19. The molecule has 0 spiro atoms. The molecule has 0 fully saturated rings. The third-order valence-corrected chi connectivity index (χ3v) is 2.23. The highest BCUT2D eigenvalue weighted by atomic mass is 16.6. The van der Waals surface area contributed by atoms with Crippen LogP contribution in [-0.2, 0) is 4.79 Å². The fourth-order valence-electron chi connectivity index (χ4n) is 1.48. The smallest absolute Gasteiger partial charge is 0.337 e. The van der Waals surface area contributed by atoms with Crippen molar-refractivity contribution in [3.63, 3.8) is 0 Å². The van der Waals surface area contributed by atoms with Crippen molar-refractivity contribution in [2.45, 2.75) is 19.3 Å². The summed E-state index contributed by atoms with van der Waals surface area (Å²) >= 11 is 0. The maximum Gasteiger partial charge on any atom is 0.337 e. The summed E-state index contributed by atoms with van der Waals surface area (Å²) in [5.41, 5.74) is -1.65. The molecule has 1 rings (SSSR count). The van der Waals surface area contributed by atoms with E-state index in [1.54, 1.807) is 6.92 Å². The van der Waals surface area contributed by atoms with Crippen molar-refractivity contribution in [2.75, 3.05) is 0 Å². The first-order valence-electron chi connectivity index (χ1n) is 4.57. The van der Waals surface area contributed by atoms with Crippen molar-refractivity contribution in [3.8, 4) is 0 Å². The number of carboxylic acid groups (broad SMARTS) is 1. The fourth-order valence-corrected chi connectivity index (χ4v) is 1.48. The van der Waals surface area contributed by atoms with Gasteiger partial charge >= 0.3 is 17.2 Å². The molecule has 0 aliphatic carbocycles. The Bertz CT molecular complexity index is 479. The van der Waals surface area contributed by atoms with Crippen LogP contribution in [0.3, 0.4) is 0 Å². The van der Waals surface area contributed by atoms with Crippen LogP contribution in [0.2, 0.25) is 0 Å². The molecule has 0 saturated carbocycles. The Kier molecular flexibility index (Phi) is 3.39. The fraction of sp³-hybridized carbons (Fsp3) is 0.333. The highest BCUT2D eigenvalue weighted by Gasteiger charge is 2.28. The molecule has 0 amide bonds. The van der Waals surface area contributed by atoms with Crippen LogP contribution in [0.1, 0.15) is 24.8 Å². The second-order valence-corrected chi connectivity index (χ2v) is 3.17. The Morgan fingerprint density at radius 2 is 2.31 bits per heavy atom. The molecule has 86 valence electrons. The largest absolute Gasteiger partial charge is 0.481 e. The number of nitro groups is 1. The Morgan fingerprint density at radius 1 is 1.69 bits per heavy atom. The van der Waals surface area contributed by atoms with Crippen LogP contribution in [0.5, 0.6) is 0 Å². The molecular weight excluding hydrogens is 216 g/mol. The van der Waals surface area contributed by atoms with Crippen LogP contribution in [0.4, 0.5) is 5.69 Å². The summed E-state index contributed by atoms with van der Waals surface area (Å²) in [7, 11) is 0. The minimum Gasteiger partial charge on any atom is -0.481 e. The number of carboxylic acids is 1. The lowest BCUT2D eigenvalue weighted by Gasteiger charge is -2.09. The first-order valence-corrected chi connectivity index (χ1v) is 4.57. The van der Waals surface area contributed by atoms with Gasteiger partial charge < -0.3 is 10.1 Å². The quantitative estimate of drug-likeness (QED) is 0.583. The van der Waals surface area contributed by atoms with E-state index in [0.29, 0.717) is 0 Å². The number of aromatic nitrogens is 1. The Hall–Kier alpha value is -2.18. The number of carbonyl (C=O) groups is 1. The van der Waals surface area contributed by atoms with Crippen LogP contribution >= 0.6 is 0 Å². The molecular formula is C9H10N2O5. The number of aromatic amines is 1. The van der Waals surface area contributed by atoms with Gasteiger partial charge in [0.25, 0.3) is 0 Å². The van der Waals surface area contributed by atoms with E-state index in [1.807, 2.05) is 0 Å². The number of pyridine rings is 1. The molecule has 0 aliphatic heterocycles. The minimum absolute atomic E-state index is 0.0660. The zero-order valence-electron chi connectivity index (χ0n) is 8.47. The lowest BCUT2D eigenvalue weighted by molar-refractivity contribution is -0.387. The molecule has 0 bridgehead atoms. The maximum atomic E-state index is 11.2. The molecule has 0 radical (unpaired) electrons. The number of rotatable bonds is 4. The van der Waals surface area contributed by atoms with Crippen molar-refractivity contribution >= 4 is 11.7 Å². The van der Waals surface area contributed by atoms with E-state index in [1.165, 1.54) is 12.3 Å². The second kappa shape index (κ2) is 4.56. The molecule has 1 aromatic rings. The first kappa shape index (κ1) is 11.9. The maximum absolute atomic E-state index is 11.2. The number of aliphatic carboxylic acids is 1. The second-order valence-electron chi connectivity index (χ2n) is 3.17. The highest BCUT2D eigenvalue weighted by Crippen LogP contribution is 2.25. The normalized spacial score (nSPS) is 12.1. The van der Waals surface area contributed by atoms with E-state index in [2.05, 4.69) is 4.98 Å². The summed E-state index contributed by atoms with van der Waals surface area (Å²) in [4.78, 5) is 34.1. The van der Waals surface area contributed by atoms with Crippen LogP contribution in [0.15, 0.2) is 17.1 Å². The molecule has 16 heavy (non-hydrogen) atoms. The van der Waals surface area contributed by atoms with E-state index in [4.69, 9.17) is 5.11 Å². The Labute approximate surface area is 89.9 Å². The van der Waals surface area contributed by atoms with Crippen molar-refractivity contribution < 1.29 is 14.8 Å². The van der Waals surface area contributed by atoms with E-state index in [-0.39, 0.29) is 12.0 Å². The number of H-pyrrole nitrogens is 1. The van der Waals surface area contributed by atoms with Gasteiger partial charge in [0.2, 0.25) is 0 Å². The molecule has 0 saturated heterocycles. The standard InChI is InChI=1S/C9H10N2O5/c1-2-5(9(13)14)6-3-4-10-8(12)7(6)11(15)16/h3-5H,2H2,1H3,(H,10,12)(H,13,14). The lowest BCUT2D eigenvalue weighted by atomic mass is 9.96. The van der Waals surface area contributed by atoms with E-state index in [0.717, 1.165) is 0 Å². The predicted octanol–water partition coefficient (Wildman–Crippen LogP) is 0.861. The molecule has 0 aromatic carbocycles. The summed E-state index contributed by atoms with van der Waals surface area (Å²) in [6.07, 6.45) is 1.38. The summed E-state index contributed by atoms with van der Waals surface area (Å²) in [5, 5.41) is 19.6. The average Bonchev–Trinajstić information content (AvgIpc) is 2.17. The third kappa shape index (κ3) is 2.08. The van der Waals surface area contributed by atoms with Gasteiger partial charge in [0.15, 0.2) is 0 Å². The predicted molar refractivity (Wildman–Crippen MR) is 54.4 cm³/mol. The molecule has 1 heterocycles. The van der Waals surface area contributed by atoms with Crippen LogP contribution in [-0.4, -0.2) is 21.0 Å². The zero-order chi connectivity index (χ0) is 12.3. The number of nitrogens with one attached hydrogen (secondary N) is 1. The number of hydrogen-bond acceptors (Lipinski definition) is 4. The van der Waals surface area contributed by atoms with Crippen molar-refractivity contribution in [2.24, 2.45) is 0 Å². The summed E-state index contributed by atoms with van der Waals surface area (Å²) in [6.45, 7) is 1.59. The first-order chi connectivity index (χ1) is 7.49. The van der Waals surface area contributed by atoms with Gasteiger partial charge in [-0.15, -0.1) is 0 Å². The third-order valence-electron chi connectivity index (χ3n) is 2.23. The van der Waals surface area contributed by atoms with E-state index >= 15 is 0 Å². The number of hydrogen-bond donors (Lipinski definition) is 2. The van der Waals surface area contributed by atoms with Crippen molar-refractivity contribution in [1.82, 2.24) is 4.98 Å². The van der Waals surface area contributed by atoms with Gasteiger partial charge in [0.05, 0.1) is 16.4 Å². The van der Waals surface area contributed by atoms with Gasteiger partial charge in [-0.05, 0) is 12.5 Å². The molecule has 2 N–H and O–H groups in total. The van der Waals surface area contributed by atoms with Crippen LogP contribution in [0, 0.1) is 10.1 Å². The van der Waals surface area contributed by atoms with Gasteiger partial charge in [0, 0.05) is 6.20 Å². The van der Waals surface area contributed by atoms with E-state index in [9.17, 15) is 19.7 Å². The Balaban J connectivity index is 3.43. The highest BCUT2D eigenvalue weighted by molar-refractivity contribution is 5.77. The zero-order valence-corrected chi connectivity index (χ0v) is 8.47. The van der Waals surface area contributed by atoms with Crippen molar-refractivity contribution in [1.29, 1.82) is 0 Å². The summed E-state index contributed by atoms with van der Waals surface area (Å²) < 4.78 is 0. The SMILES string of the molecule is CCC(C(=O)O)c1cc[nH]c(=O)c1[N+](=O)[O-]. The monoisotopic (exact) mass is 226 g/mol. The van der Waals surface area contributed by atoms with Crippen molar-refractivity contribution in [3.05, 3.63) is 38.3 Å². The van der Waals surface area contributed by atoms with Crippen LogP contribution < -0.4 is 5.56 Å². The van der Waals surface area contributed by atoms with Gasteiger partial charge in [-0.1, -0.05) is 6.92 Å². The molecule has 7 heteroatoms. The molecule has 0 aliphatic rings. The van der Waals surface area contributed by atoms with Crippen LogP contribution in [0.25, 0.3) is 0 Å². The molecule has 1 atom stereocenters. The summed E-state index contributed by atoms with van der Waals surface area (Å²) in [5.74, 6) is -2.22. The number of nitrogens with zero attached hydrogens (tertiary/aromatic N) is 1. The molecule has 1 unspecified atom stereocenters. The topological polar surface area (TPSA) is 113 Å². The van der Waals surface area contributed by atoms with Gasteiger partial charge in [-0.2, -0.15) is 0 Å². The molecule has 1 aromatic heterocycles. The Morgan fingerprint density at radius 3 is 2.75 bits per heavy atom. The summed E-state index contributed by atoms with van der Waals surface area (Å²) in [6, 6.07) is 1.25. The van der Waals surface area contributed by atoms with Gasteiger partial charge in [0.1, 0.15) is 0 Å². The van der Waals surface area contributed by atoms with Gasteiger partial charge in [-0.25, -0.2) is 0 Å². The van der Waals surface area contributed by atoms with Gasteiger partial charge in [-0.3, -0.25) is 19.7 Å².